The zero-order chi connectivity index (χ0) is 16.9. The quantitative estimate of drug-likeness (QED) is 0.836. The van der Waals surface area contributed by atoms with Gasteiger partial charge in [0.25, 0.3) is 0 Å². The molecule has 2 amide bonds. The second-order valence-electron chi connectivity index (χ2n) is 5.64. The molecular weight excluding hydrogens is 322 g/mol. The molecule has 0 aliphatic carbocycles. The smallest absolute Gasteiger partial charge is 0.242 e. The van der Waals surface area contributed by atoms with Crippen molar-refractivity contribution in [3.8, 4) is 0 Å². The summed E-state index contributed by atoms with van der Waals surface area (Å²) in [5.74, 6) is 0.971. The number of carbonyl (C=O) groups excluding carboxylic acids is 2. The van der Waals surface area contributed by atoms with Crippen LogP contribution in [0, 0.1) is 0 Å². The van der Waals surface area contributed by atoms with Crippen molar-refractivity contribution < 1.29 is 9.59 Å². The van der Waals surface area contributed by atoms with Gasteiger partial charge in [-0.05, 0) is 17.7 Å². The average Bonchev–Trinajstić information content (AvgIpc) is 3.02. The molecule has 0 N–H and O–H groups in total. The third-order valence-corrected chi connectivity index (χ3v) is 4.96. The summed E-state index contributed by atoms with van der Waals surface area (Å²) in [6.45, 7) is 0.110. The van der Waals surface area contributed by atoms with Gasteiger partial charge in [-0.1, -0.05) is 36.4 Å². The molecule has 1 aromatic heterocycles. The first-order chi connectivity index (χ1) is 11.7. The van der Waals surface area contributed by atoms with Crippen LogP contribution in [0.1, 0.15) is 17.3 Å². The van der Waals surface area contributed by atoms with Crippen LogP contribution in [0.15, 0.2) is 54.7 Å². The number of rotatable bonds is 5. The van der Waals surface area contributed by atoms with E-state index in [4.69, 9.17) is 0 Å². The van der Waals surface area contributed by atoms with Crippen LogP contribution in [0.25, 0.3) is 0 Å². The van der Waals surface area contributed by atoms with Gasteiger partial charge in [0.2, 0.25) is 11.8 Å². The molecule has 5 nitrogen and oxygen atoms in total. The molecule has 1 aliphatic heterocycles. The van der Waals surface area contributed by atoms with Crippen LogP contribution in [0.3, 0.4) is 0 Å². The number of carbonyl (C=O) groups is 2. The van der Waals surface area contributed by atoms with Crippen LogP contribution in [0.2, 0.25) is 0 Å². The fourth-order valence-electron chi connectivity index (χ4n) is 2.72. The molecule has 1 atom stereocenters. The Morgan fingerprint density at radius 2 is 2.00 bits per heavy atom. The van der Waals surface area contributed by atoms with Crippen molar-refractivity contribution in [1.82, 2.24) is 14.8 Å². The molecular formula is C18H19N3O2S. The van der Waals surface area contributed by atoms with Gasteiger partial charge in [-0.3, -0.25) is 14.6 Å². The summed E-state index contributed by atoms with van der Waals surface area (Å²) >= 11 is 1.54. The number of aromatic nitrogens is 1. The van der Waals surface area contributed by atoms with Crippen LogP contribution < -0.4 is 0 Å². The van der Waals surface area contributed by atoms with Gasteiger partial charge in [0, 0.05) is 13.2 Å². The minimum absolute atomic E-state index is 0.0239. The van der Waals surface area contributed by atoms with Crippen molar-refractivity contribution in [3.63, 3.8) is 0 Å². The maximum absolute atomic E-state index is 12.7. The van der Waals surface area contributed by atoms with E-state index in [0.717, 1.165) is 11.3 Å². The maximum atomic E-state index is 12.7. The summed E-state index contributed by atoms with van der Waals surface area (Å²) in [5.41, 5.74) is 1.80. The molecule has 2 heterocycles. The predicted molar refractivity (Wildman–Crippen MR) is 94.3 cm³/mol. The molecule has 3 rings (SSSR count). The molecule has 2 aromatic rings. The Hall–Kier alpha value is -2.34. The Balaban J connectivity index is 1.85. The lowest BCUT2D eigenvalue weighted by Crippen LogP contribution is -2.41. The van der Waals surface area contributed by atoms with Crippen molar-refractivity contribution in [1.29, 1.82) is 0 Å². The number of thioether (sulfide) groups is 1. The lowest BCUT2D eigenvalue weighted by atomic mass is 10.0. The summed E-state index contributed by atoms with van der Waals surface area (Å²) in [6, 6.07) is 15.2. The second kappa shape index (κ2) is 7.49. The lowest BCUT2D eigenvalue weighted by Gasteiger charge is -2.29. The number of likely N-dealkylation sites (N-methyl/N-ethyl adjacent to an activating group) is 1. The van der Waals surface area contributed by atoms with E-state index >= 15 is 0 Å². The van der Waals surface area contributed by atoms with Gasteiger partial charge in [0.1, 0.15) is 6.54 Å². The highest BCUT2D eigenvalue weighted by Crippen LogP contribution is 2.26. The van der Waals surface area contributed by atoms with Gasteiger partial charge >= 0.3 is 0 Å². The fourth-order valence-corrected chi connectivity index (χ4v) is 3.63. The number of amides is 2. The first-order valence-corrected chi connectivity index (χ1v) is 8.89. The van der Waals surface area contributed by atoms with Crippen molar-refractivity contribution in [2.75, 3.05) is 25.2 Å². The molecule has 1 fully saturated rings. The third kappa shape index (κ3) is 3.59. The molecule has 1 aromatic carbocycles. The first-order valence-electron chi connectivity index (χ1n) is 7.74. The zero-order valence-corrected chi connectivity index (χ0v) is 14.3. The molecule has 0 saturated carbocycles. The Labute approximate surface area is 145 Å². The monoisotopic (exact) mass is 341 g/mol. The Bertz CT molecular complexity index is 669. The number of hydrogen-bond donors (Lipinski definition) is 0. The Morgan fingerprint density at radius 3 is 2.62 bits per heavy atom. The van der Waals surface area contributed by atoms with Crippen LogP contribution >= 0.6 is 11.8 Å². The number of pyridine rings is 1. The van der Waals surface area contributed by atoms with Gasteiger partial charge in [0.15, 0.2) is 0 Å². The average molecular weight is 341 g/mol. The van der Waals surface area contributed by atoms with E-state index in [1.165, 1.54) is 11.8 Å². The van der Waals surface area contributed by atoms with Crippen molar-refractivity contribution >= 4 is 23.6 Å². The number of benzene rings is 1. The van der Waals surface area contributed by atoms with Crippen molar-refractivity contribution in [2.24, 2.45) is 0 Å². The van der Waals surface area contributed by atoms with Gasteiger partial charge in [-0.2, -0.15) is 0 Å². The molecule has 6 heteroatoms. The van der Waals surface area contributed by atoms with E-state index in [2.05, 4.69) is 4.98 Å². The van der Waals surface area contributed by atoms with Crippen LogP contribution in [0.4, 0.5) is 0 Å². The number of hydrogen-bond acceptors (Lipinski definition) is 4. The van der Waals surface area contributed by atoms with E-state index in [0.29, 0.717) is 11.6 Å². The van der Waals surface area contributed by atoms with Gasteiger partial charge in [-0.15, -0.1) is 11.8 Å². The zero-order valence-electron chi connectivity index (χ0n) is 13.5. The van der Waals surface area contributed by atoms with E-state index in [1.807, 2.05) is 48.5 Å². The summed E-state index contributed by atoms with van der Waals surface area (Å²) in [7, 11) is 1.77. The predicted octanol–water partition coefficient (Wildman–Crippen LogP) is 2.16. The van der Waals surface area contributed by atoms with E-state index in [9.17, 15) is 9.59 Å². The Morgan fingerprint density at radius 1 is 1.25 bits per heavy atom. The van der Waals surface area contributed by atoms with Crippen LogP contribution in [-0.2, 0) is 9.59 Å². The highest BCUT2D eigenvalue weighted by molar-refractivity contribution is 8.00. The van der Waals surface area contributed by atoms with Gasteiger partial charge in [-0.25, -0.2) is 0 Å². The normalized spacial score (nSPS) is 15.4. The Kier molecular flexibility index (Phi) is 5.15. The molecule has 0 bridgehead atoms. The maximum Gasteiger partial charge on any atom is 0.242 e. The molecule has 0 radical (unpaired) electrons. The van der Waals surface area contributed by atoms with E-state index in [-0.39, 0.29) is 24.4 Å². The summed E-state index contributed by atoms with van der Waals surface area (Å²) in [4.78, 5) is 32.2. The number of nitrogens with zero attached hydrogens (tertiary/aromatic N) is 3. The topological polar surface area (TPSA) is 53.5 Å². The summed E-state index contributed by atoms with van der Waals surface area (Å²) in [6.07, 6.45) is 1.73. The van der Waals surface area contributed by atoms with Crippen LogP contribution in [-0.4, -0.2) is 51.8 Å². The second-order valence-corrected chi connectivity index (χ2v) is 6.60. The van der Waals surface area contributed by atoms with E-state index in [1.54, 1.807) is 23.0 Å². The van der Waals surface area contributed by atoms with Crippen molar-refractivity contribution in [3.05, 3.63) is 66.0 Å². The molecule has 124 valence electrons. The SMILES string of the molecule is CN(C(=O)CN1CSCC1=O)[C@H](c1ccccc1)c1ccccn1. The minimum Gasteiger partial charge on any atom is -0.331 e. The van der Waals surface area contributed by atoms with E-state index < -0.39 is 0 Å². The largest absolute Gasteiger partial charge is 0.331 e. The summed E-state index contributed by atoms with van der Waals surface area (Å²) < 4.78 is 0. The molecule has 0 spiro atoms. The molecule has 0 unspecified atom stereocenters. The molecule has 24 heavy (non-hydrogen) atoms. The standard InChI is InChI=1S/C18H19N3O2S/c1-20(16(22)11-21-13-24-12-17(21)23)18(14-7-3-2-4-8-14)15-9-5-6-10-19-15/h2-10,18H,11-13H2,1H3/t18-/m1/s1. The first kappa shape index (κ1) is 16.5. The van der Waals surface area contributed by atoms with Crippen LogP contribution in [0.5, 0.6) is 0 Å². The fraction of sp³-hybridized carbons (Fsp3) is 0.278. The van der Waals surface area contributed by atoms with Crippen molar-refractivity contribution in [2.45, 2.75) is 6.04 Å². The highest BCUT2D eigenvalue weighted by atomic mass is 32.2. The highest BCUT2D eigenvalue weighted by Gasteiger charge is 2.28. The molecule has 1 saturated heterocycles. The third-order valence-electron chi connectivity index (χ3n) is 4.02. The lowest BCUT2D eigenvalue weighted by molar-refractivity contribution is -0.138. The van der Waals surface area contributed by atoms with Gasteiger partial charge in [0.05, 0.1) is 23.4 Å². The van der Waals surface area contributed by atoms with Gasteiger partial charge < -0.3 is 9.80 Å². The molecule has 1 aliphatic rings. The summed E-state index contributed by atoms with van der Waals surface area (Å²) in [5, 5.41) is 0. The minimum atomic E-state index is -0.273.